The van der Waals surface area contributed by atoms with Crippen LogP contribution < -0.4 is 10.2 Å². The summed E-state index contributed by atoms with van der Waals surface area (Å²) in [5.41, 5.74) is 1.27. The molecule has 0 aliphatic carbocycles. The van der Waals surface area contributed by atoms with Crippen molar-refractivity contribution in [2.45, 2.75) is 0 Å². The standard InChI is InChI=1S/C18H18Cl2N4O3/c1-22-6-8-23(9-7-22)16-5-3-13(19)11-15(16)21-18(25)12-2-4-14(20)17(10-12)24(26)27/h2-5,10-11H,6-9H2,1H3,(H,21,25). The number of nitro benzene ring substituents is 1. The number of nitrogens with zero attached hydrogens (tertiary/aromatic N) is 3. The minimum Gasteiger partial charge on any atom is -0.367 e. The van der Waals surface area contributed by atoms with Gasteiger partial charge in [0, 0.05) is 42.8 Å². The second-order valence-corrected chi connectivity index (χ2v) is 7.17. The molecule has 0 atom stereocenters. The van der Waals surface area contributed by atoms with E-state index in [4.69, 9.17) is 23.2 Å². The molecule has 27 heavy (non-hydrogen) atoms. The fraction of sp³-hybridized carbons (Fsp3) is 0.278. The van der Waals surface area contributed by atoms with Gasteiger partial charge in [-0.3, -0.25) is 14.9 Å². The van der Waals surface area contributed by atoms with Gasteiger partial charge in [-0.05, 0) is 37.4 Å². The van der Waals surface area contributed by atoms with E-state index < -0.39 is 10.8 Å². The molecule has 1 aliphatic rings. The minimum atomic E-state index is -0.617. The Morgan fingerprint density at radius 1 is 1.11 bits per heavy atom. The van der Waals surface area contributed by atoms with Crippen molar-refractivity contribution in [3.8, 4) is 0 Å². The average molecular weight is 409 g/mol. The maximum Gasteiger partial charge on any atom is 0.288 e. The summed E-state index contributed by atoms with van der Waals surface area (Å²) in [7, 11) is 2.06. The molecular formula is C18H18Cl2N4O3. The number of likely N-dealkylation sites (N-methyl/N-ethyl adjacent to an activating group) is 1. The zero-order chi connectivity index (χ0) is 19.6. The first-order valence-corrected chi connectivity index (χ1v) is 9.09. The Hall–Kier alpha value is -2.35. The monoisotopic (exact) mass is 408 g/mol. The Morgan fingerprint density at radius 3 is 2.48 bits per heavy atom. The Morgan fingerprint density at radius 2 is 1.81 bits per heavy atom. The first kappa shape index (κ1) is 19.4. The van der Waals surface area contributed by atoms with E-state index in [0.29, 0.717) is 10.7 Å². The van der Waals surface area contributed by atoms with E-state index in [9.17, 15) is 14.9 Å². The number of carbonyl (C=O) groups excluding carboxylic acids is 1. The van der Waals surface area contributed by atoms with Crippen LogP contribution in [-0.4, -0.2) is 49.0 Å². The van der Waals surface area contributed by atoms with Crippen LogP contribution in [0.5, 0.6) is 0 Å². The largest absolute Gasteiger partial charge is 0.367 e. The van der Waals surface area contributed by atoms with E-state index in [2.05, 4.69) is 22.2 Å². The number of anilines is 2. The topological polar surface area (TPSA) is 78.7 Å². The van der Waals surface area contributed by atoms with Gasteiger partial charge in [0.05, 0.1) is 16.3 Å². The summed E-state index contributed by atoms with van der Waals surface area (Å²) < 4.78 is 0. The number of carbonyl (C=O) groups is 1. The third kappa shape index (κ3) is 4.50. The van der Waals surface area contributed by atoms with Gasteiger partial charge in [-0.15, -0.1) is 0 Å². The van der Waals surface area contributed by atoms with Crippen LogP contribution in [0, 0.1) is 10.1 Å². The Bertz CT molecular complexity index is 883. The Kier molecular flexibility index (Phi) is 5.84. The van der Waals surface area contributed by atoms with E-state index in [0.717, 1.165) is 37.9 Å². The third-order valence-electron chi connectivity index (χ3n) is 4.46. The van der Waals surface area contributed by atoms with Crippen molar-refractivity contribution in [2.75, 3.05) is 43.4 Å². The highest BCUT2D eigenvalue weighted by molar-refractivity contribution is 6.33. The summed E-state index contributed by atoms with van der Waals surface area (Å²) >= 11 is 11.9. The lowest BCUT2D eigenvalue weighted by molar-refractivity contribution is -0.384. The molecule has 1 heterocycles. The summed E-state index contributed by atoms with van der Waals surface area (Å²) in [6.45, 7) is 3.49. The van der Waals surface area contributed by atoms with Crippen LogP contribution in [0.3, 0.4) is 0 Å². The Balaban J connectivity index is 1.87. The smallest absolute Gasteiger partial charge is 0.288 e. The van der Waals surface area contributed by atoms with Crippen molar-refractivity contribution in [3.63, 3.8) is 0 Å². The molecule has 2 aromatic rings. The summed E-state index contributed by atoms with van der Waals surface area (Å²) in [5, 5.41) is 14.3. The molecular weight excluding hydrogens is 391 g/mol. The normalized spacial score (nSPS) is 14.9. The quantitative estimate of drug-likeness (QED) is 0.612. The second kappa shape index (κ2) is 8.12. The number of hydrogen-bond acceptors (Lipinski definition) is 5. The van der Waals surface area contributed by atoms with E-state index >= 15 is 0 Å². The maximum absolute atomic E-state index is 12.7. The van der Waals surface area contributed by atoms with Gasteiger partial charge in [0.2, 0.25) is 0 Å². The zero-order valence-corrected chi connectivity index (χ0v) is 16.1. The van der Waals surface area contributed by atoms with Gasteiger partial charge in [0.1, 0.15) is 5.02 Å². The van der Waals surface area contributed by atoms with Gasteiger partial charge in [0.25, 0.3) is 11.6 Å². The van der Waals surface area contributed by atoms with Crippen molar-refractivity contribution in [2.24, 2.45) is 0 Å². The molecule has 3 rings (SSSR count). The summed E-state index contributed by atoms with van der Waals surface area (Å²) in [5.74, 6) is -0.465. The number of benzene rings is 2. The lowest BCUT2D eigenvalue weighted by Crippen LogP contribution is -2.44. The van der Waals surface area contributed by atoms with Crippen LogP contribution in [0.1, 0.15) is 10.4 Å². The molecule has 0 saturated carbocycles. The molecule has 142 valence electrons. The highest BCUT2D eigenvalue weighted by Crippen LogP contribution is 2.31. The molecule has 0 bridgehead atoms. The molecule has 9 heteroatoms. The fourth-order valence-corrected chi connectivity index (χ4v) is 3.28. The van der Waals surface area contributed by atoms with Crippen LogP contribution in [0.2, 0.25) is 10.0 Å². The van der Waals surface area contributed by atoms with Crippen molar-refractivity contribution >= 4 is 46.2 Å². The lowest BCUT2D eigenvalue weighted by Gasteiger charge is -2.35. The van der Waals surface area contributed by atoms with Crippen molar-refractivity contribution < 1.29 is 9.72 Å². The number of halogens is 2. The maximum atomic E-state index is 12.7. The number of nitrogens with one attached hydrogen (secondary N) is 1. The first-order chi connectivity index (χ1) is 12.8. The van der Waals surface area contributed by atoms with E-state index in [1.54, 1.807) is 12.1 Å². The predicted octanol–water partition coefficient (Wildman–Crippen LogP) is 3.91. The zero-order valence-electron chi connectivity index (χ0n) is 14.6. The Labute approximate surface area is 166 Å². The number of amides is 1. The minimum absolute atomic E-state index is 0.0163. The van der Waals surface area contributed by atoms with E-state index in [1.165, 1.54) is 12.1 Å². The molecule has 1 N–H and O–H groups in total. The van der Waals surface area contributed by atoms with Gasteiger partial charge in [-0.1, -0.05) is 23.2 Å². The average Bonchev–Trinajstić information content (AvgIpc) is 2.63. The van der Waals surface area contributed by atoms with Gasteiger partial charge in [-0.25, -0.2) is 0 Å². The van der Waals surface area contributed by atoms with Crippen molar-refractivity contribution in [1.82, 2.24) is 4.90 Å². The number of piperazine rings is 1. The third-order valence-corrected chi connectivity index (χ3v) is 5.01. The van der Waals surface area contributed by atoms with E-state index in [1.807, 2.05) is 6.07 Å². The van der Waals surface area contributed by atoms with Crippen LogP contribution in [-0.2, 0) is 0 Å². The summed E-state index contributed by atoms with van der Waals surface area (Å²) in [4.78, 5) is 27.5. The molecule has 1 saturated heterocycles. The molecule has 1 aliphatic heterocycles. The highest BCUT2D eigenvalue weighted by Gasteiger charge is 2.20. The van der Waals surface area contributed by atoms with Gasteiger partial charge in [-0.2, -0.15) is 0 Å². The van der Waals surface area contributed by atoms with Gasteiger partial charge in [0.15, 0.2) is 0 Å². The highest BCUT2D eigenvalue weighted by atomic mass is 35.5. The fourth-order valence-electron chi connectivity index (χ4n) is 2.92. The molecule has 1 amide bonds. The van der Waals surface area contributed by atoms with Crippen LogP contribution >= 0.6 is 23.2 Å². The van der Waals surface area contributed by atoms with Gasteiger partial charge < -0.3 is 15.1 Å². The summed E-state index contributed by atoms with van der Waals surface area (Å²) in [6, 6.07) is 9.28. The van der Waals surface area contributed by atoms with E-state index in [-0.39, 0.29) is 16.3 Å². The molecule has 1 fully saturated rings. The molecule has 0 radical (unpaired) electrons. The van der Waals surface area contributed by atoms with Crippen LogP contribution in [0.15, 0.2) is 36.4 Å². The molecule has 2 aromatic carbocycles. The number of hydrogen-bond donors (Lipinski definition) is 1. The predicted molar refractivity (Wildman–Crippen MR) is 107 cm³/mol. The lowest BCUT2D eigenvalue weighted by atomic mass is 10.1. The number of nitro groups is 1. The van der Waals surface area contributed by atoms with Crippen LogP contribution in [0.25, 0.3) is 0 Å². The number of rotatable bonds is 4. The van der Waals surface area contributed by atoms with Crippen LogP contribution in [0.4, 0.5) is 17.1 Å². The first-order valence-electron chi connectivity index (χ1n) is 8.33. The van der Waals surface area contributed by atoms with Crippen molar-refractivity contribution in [3.05, 3.63) is 62.1 Å². The molecule has 0 aromatic heterocycles. The SMILES string of the molecule is CN1CCN(c2ccc(Cl)cc2NC(=O)c2ccc(Cl)c([N+](=O)[O-])c2)CC1. The second-order valence-electron chi connectivity index (χ2n) is 6.33. The van der Waals surface area contributed by atoms with Gasteiger partial charge >= 0.3 is 0 Å². The molecule has 0 spiro atoms. The van der Waals surface area contributed by atoms with Crippen molar-refractivity contribution in [1.29, 1.82) is 0 Å². The summed E-state index contributed by atoms with van der Waals surface area (Å²) in [6.07, 6.45) is 0. The molecule has 7 nitrogen and oxygen atoms in total. The molecule has 0 unspecified atom stereocenters.